The summed E-state index contributed by atoms with van der Waals surface area (Å²) in [5.41, 5.74) is 3.58. The van der Waals surface area contributed by atoms with Crippen molar-refractivity contribution in [3.05, 3.63) is 59.2 Å². The standard InChI is InChI=1S/C20H24N2O2S/c1-4-5-12-24-17-11-7-10-16(13-17)19(23)22-20(25)21-18-14(2)8-6-9-15(18)3/h6-11,13H,4-5,12H2,1-3H3,(H2,21,22,23,25). The van der Waals surface area contributed by atoms with Gasteiger partial charge >= 0.3 is 0 Å². The highest BCUT2D eigenvalue weighted by Crippen LogP contribution is 2.19. The van der Waals surface area contributed by atoms with E-state index in [0.29, 0.717) is 17.9 Å². The third kappa shape index (κ3) is 5.57. The highest BCUT2D eigenvalue weighted by atomic mass is 32.1. The average Bonchev–Trinajstić information content (AvgIpc) is 2.59. The number of hydrogen-bond donors (Lipinski definition) is 2. The van der Waals surface area contributed by atoms with Gasteiger partial charge in [0.25, 0.3) is 5.91 Å². The van der Waals surface area contributed by atoms with Gasteiger partial charge in [0.05, 0.1) is 6.61 Å². The first kappa shape index (κ1) is 18.9. The Hall–Kier alpha value is -2.40. The summed E-state index contributed by atoms with van der Waals surface area (Å²) in [6.07, 6.45) is 2.05. The summed E-state index contributed by atoms with van der Waals surface area (Å²) in [5.74, 6) is 0.430. The van der Waals surface area contributed by atoms with Crippen molar-refractivity contribution in [3.63, 3.8) is 0 Å². The molecule has 0 aliphatic carbocycles. The number of amides is 1. The Morgan fingerprint density at radius 2 is 1.80 bits per heavy atom. The number of unbranched alkanes of at least 4 members (excludes halogenated alkanes) is 1. The van der Waals surface area contributed by atoms with E-state index in [4.69, 9.17) is 17.0 Å². The summed E-state index contributed by atoms with van der Waals surface area (Å²) >= 11 is 5.28. The van der Waals surface area contributed by atoms with Crippen LogP contribution in [0, 0.1) is 13.8 Å². The quantitative estimate of drug-likeness (QED) is 0.586. The van der Waals surface area contributed by atoms with Crippen molar-refractivity contribution in [1.82, 2.24) is 5.32 Å². The molecule has 0 aromatic heterocycles. The molecule has 0 bridgehead atoms. The third-order valence-electron chi connectivity index (χ3n) is 3.81. The second-order valence-corrected chi connectivity index (χ2v) is 6.31. The van der Waals surface area contributed by atoms with Gasteiger partial charge in [-0.05, 0) is 61.8 Å². The van der Waals surface area contributed by atoms with Crippen LogP contribution in [0.5, 0.6) is 5.75 Å². The summed E-state index contributed by atoms with van der Waals surface area (Å²) in [7, 11) is 0. The number of nitrogens with one attached hydrogen (secondary N) is 2. The number of rotatable bonds is 6. The maximum Gasteiger partial charge on any atom is 0.257 e. The van der Waals surface area contributed by atoms with Crippen molar-refractivity contribution in [2.24, 2.45) is 0 Å². The molecule has 2 rings (SSSR count). The van der Waals surface area contributed by atoms with E-state index in [2.05, 4.69) is 17.6 Å². The van der Waals surface area contributed by atoms with E-state index in [0.717, 1.165) is 29.7 Å². The summed E-state index contributed by atoms with van der Waals surface area (Å²) in [6, 6.07) is 13.1. The summed E-state index contributed by atoms with van der Waals surface area (Å²) < 4.78 is 5.64. The molecule has 4 nitrogen and oxygen atoms in total. The topological polar surface area (TPSA) is 50.4 Å². The van der Waals surface area contributed by atoms with Crippen LogP contribution in [0.3, 0.4) is 0 Å². The van der Waals surface area contributed by atoms with Crippen molar-refractivity contribution in [2.75, 3.05) is 11.9 Å². The normalized spacial score (nSPS) is 10.2. The first-order valence-electron chi connectivity index (χ1n) is 8.42. The Kier molecular flexibility index (Phi) is 6.95. The Balaban J connectivity index is 1.99. The largest absolute Gasteiger partial charge is 0.494 e. The van der Waals surface area contributed by atoms with Crippen molar-refractivity contribution >= 4 is 28.9 Å². The van der Waals surface area contributed by atoms with Gasteiger partial charge in [0.1, 0.15) is 5.75 Å². The lowest BCUT2D eigenvalue weighted by molar-refractivity contribution is 0.0977. The Labute approximate surface area is 154 Å². The summed E-state index contributed by atoms with van der Waals surface area (Å²) in [5, 5.41) is 6.10. The Morgan fingerprint density at radius 3 is 2.48 bits per heavy atom. The molecule has 0 saturated heterocycles. The molecule has 2 aromatic carbocycles. The molecule has 0 fully saturated rings. The number of aryl methyl sites for hydroxylation is 2. The second kappa shape index (κ2) is 9.18. The minimum Gasteiger partial charge on any atom is -0.494 e. The van der Waals surface area contributed by atoms with Gasteiger partial charge in [-0.3, -0.25) is 10.1 Å². The van der Waals surface area contributed by atoms with Crippen LogP contribution in [0.15, 0.2) is 42.5 Å². The van der Waals surface area contributed by atoms with E-state index in [1.165, 1.54) is 0 Å². The number of carbonyl (C=O) groups excluding carboxylic acids is 1. The molecule has 0 radical (unpaired) electrons. The number of hydrogen-bond acceptors (Lipinski definition) is 3. The molecule has 0 unspecified atom stereocenters. The number of thiocarbonyl (C=S) groups is 1. The van der Waals surface area contributed by atoms with Crippen molar-refractivity contribution in [3.8, 4) is 5.75 Å². The van der Waals surface area contributed by atoms with Crippen LogP contribution in [0.4, 0.5) is 5.69 Å². The Morgan fingerprint density at radius 1 is 1.12 bits per heavy atom. The first-order chi connectivity index (χ1) is 12.0. The lowest BCUT2D eigenvalue weighted by Crippen LogP contribution is -2.34. The maximum atomic E-state index is 12.4. The van der Waals surface area contributed by atoms with Gasteiger partial charge in [-0.15, -0.1) is 0 Å². The lowest BCUT2D eigenvalue weighted by Gasteiger charge is -2.14. The minimum absolute atomic E-state index is 0.260. The monoisotopic (exact) mass is 356 g/mol. The molecule has 25 heavy (non-hydrogen) atoms. The molecule has 0 heterocycles. The van der Waals surface area contributed by atoms with Crippen LogP contribution in [0.25, 0.3) is 0 Å². The van der Waals surface area contributed by atoms with E-state index >= 15 is 0 Å². The van der Waals surface area contributed by atoms with E-state index in [9.17, 15) is 4.79 Å². The van der Waals surface area contributed by atoms with Crippen LogP contribution in [-0.2, 0) is 0 Å². The predicted octanol–water partition coefficient (Wildman–Crippen LogP) is 4.61. The molecule has 1 amide bonds. The summed E-state index contributed by atoms with van der Waals surface area (Å²) in [6.45, 7) is 6.75. The van der Waals surface area contributed by atoms with E-state index in [-0.39, 0.29) is 11.0 Å². The lowest BCUT2D eigenvalue weighted by atomic mass is 10.1. The zero-order chi connectivity index (χ0) is 18.2. The fourth-order valence-corrected chi connectivity index (χ4v) is 2.59. The molecule has 0 aliphatic rings. The molecule has 0 atom stereocenters. The van der Waals surface area contributed by atoms with Gasteiger partial charge in [-0.1, -0.05) is 37.6 Å². The van der Waals surface area contributed by atoms with Gasteiger partial charge in [0, 0.05) is 11.3 Å². The molecule has 0 aliphatic heterocycles. The molecular weight excluding hydrogens is 332 g/mol. The van der Waals surface area contributed by atoms with Gasteiger partial charge in [0.2, 0.25) is 0 Å². The van der Waals surface area contributed by atoms with Crippen LogP contribution in [-0.4, -0.2) is 17.6 Å². The van der Waals surface area contributed by atoms with E-state index in [1.807, 2.05) is 38.1 Å². The highest BCUT2D eigenvalue weighted by molar-refractivity contribution is 7.80. The number of carbonyl (C=O) groups is 1. The molecular formula is C20H24N2O2S. The minimum atomic E-state index is -0.260. The van der Waals surface area contributed by atoms with Gasteiger partial charge in [-0.2, -0.15) is 0 Å². The number of anilines is 1. The molecule has 5 heteroatoms. The van der Waals surface area contributed by atoms with Crippen molar-refractivity contribution in [1.29, 1.82) is 0 Å². The predicted molar refractivity (Wildman–Crippen MR) is 106 cm³/mol. The molecule has 0 spiro atoms. The van der Waals surface area contributed by atoms with Crippen molar-refractivity contribution in [2.45, 2.75) is 33.6 Å². The zero-order valence-electron chi connectivity index (χ0n) is 14.9. The zero-order valence-corrected chi connectivity index (χ0v) is 15.7. The fourth-order valence-electron chi connectivity index (χ4n) is 2.39. The maximum absolute atomic E-state index is 12.4. The van der Waals surface area contributed by atoms with Gasteiger partial charge in [0.15, 0.2) is 5.11 Å². The molecule has 132 valence electrons. The van der Waals surface area contributed by atoms with E-state index < -0.39 is 0 Å². The summed E-state index contributed by atoms with van der Waals surface area (Å²) in [4.78, 5) is 12.4. The Bertz CT molecular complexity index is 739. The number of benzene rings is 2. The molecule has 0 saturated carbocycles. The van der Waals surface area contributed by atoms with Gasteiger partial charge < -0.3 is 10.1 Å². The fraction of sp³-hybridized carbons (Fsp3) is 0.300. The SMILES string of the molecule is CCCCOc1cccc(C(=O)NC(=S)Nc2c(C)cccc2C)c1. The smallest absolute Gasteiger partial charge is 0.257 e. The first-order valence-corrected chi connectivity index (χ1v) is 8.83. The number of ether oxygens (including phenoxy) is 1. The molecule has 2 N–H and O–H groups in total. The third-order valence-corrected chi connectivity index (χ3v) is 4.01. The van der Waals surface area contributed by atoms with Crippen LogP contribution >= 0.6 is 12.2 Å². The molecule has 2 aromatic rings. The van der Waals surface area contributed by atoms with Crippen LogP contribution in [0.2, 0.25) is 0 Å². The van der Waals surface area contributed by atoms with E-state index in [1.54, 1.807) is 18.2 Å². The van der Waals surface area contributed by atoms with Gasteiger partial charge in [-0.25, -0.2) is 0 Å². The second-order valence-electron chi connectivity index (χ2n) is 5.90. The number of para-hydroxylation sites is 1. The highest BCUT2D eigenvalue weighted by Gasteiger charge is 2.10. The average molecular weight is 356 g/mol. The van der Waals surface area contributed by atoms with Crippen molar-refractivity contribution < 1.29 is 9.53 Å². The van der Waals surface area contributed by atoms with Crippen LogP contribution < -0.4 is 15.4 Å². The van der Waals surface area contributed by atoms with Crippen LogP contribution in [0.1, 0.15) is 41.3 Å².